The summed E-state index contributed by atoms with van der Waals surface area (Å²) in [5, 5.41) is 4.61. The van der Waals surface area contributed by atoms with Crippen LogP contribution in [-0.2, 0) is 0 Å². The Hall–Kier alpha value is -1.27. The van der Waals surface area contributed by atoms with Crippen LogP contribution in [0.5, 0.6) is 11.5 Å². The normalized spacial score (nSPS) is 23.4. The number of halogens is 1. The van der Waals surface area contributed by atoms with E-state index < -0.39 is 0 Å². The monoisotopic (exact) mass is 395 g/mol. The zero-order valence-electron chi connectivity index (χ0n) is 14.6. The molecule has 2 aliphatic rings. The van der Waals surface area contributed by atoms with Gasteiger partial charge in [0, 0.05) is 31.1 Å². The van der Waals surface area contributed by atoms with Crippen molar-refractivity contribution < 1.29 is 9.47 Å². The van der Waals surface area contributed by atoms with Gasteiger partial charge >= 0.3 is 0 Å². The van der Waals surface area contributed by atoms with E-state index in [-0.39, 0.29) is 6.04 Å². The highest BCUT2D eigenvalue weighted by Gasteiger charge is 2.37. The Kier molecular flexibility index (Phi) is 5.66. The van der Waals surface area contributed by atoms with Crippen molar-refractivity contribution in [1.82, 2.24) is 10.3 Å². The van der Waals surface area contributed by atoms with Gasteiger partial charge in [-0.3, -0.25) is 0 Å². The Morgan fingerprint density at radius 3 is 2.92 bits per heavy atom. The number of nitrogens with one attached hydrogen (secondary N) is 1. The standard InChI is InChI=1S/C18H26BrN3O2/c1-4-7-22-8-6-15-13(11-22)17(21-20-15)12-9-14(19)18(24-5-2)16(10-12)23-3/h9-10,13,17,21H,4-8,11H2,1-3H3. The van der Waals surface area contributed by atoms with Crippen molar-refractivity contribution in [1.29, 1.82) is 0 Å². The van der Waals surface area contributed by atoms with Gasteiger partial charge in [-0.05, 0) is 53.5 Å². The van der Waals surface area contributed by atoms with Crippen LogP contribution in [0.15, 0.2) is 21.7 Å². The number of methoxy groups -OCH3 is 1. The third-order valence-electron chi connectivity index (χ3n) is 4.76. The van der Waals surface area contributed by atoms with Crippen molar-refractivity contribution in [3.8, 4) is 11.5 Å². The first-order chi connectivity index (χ1) is 11.7. The van der Waals surface area contributed by atoms with Crippen LogP contribution in [-0.4, -0.2) is 44.0 Å². The van der Waals surface area contributed by atoms with Crippen molar-refractivity contribution in [3.63, 3.8) is 0 Å². The summed E-state index contributed by atoms with van der Waals surface area (Å²) in [5.74, 6) is 1.96. The number of likely N-dealkylation sites (tertiary alicyclic amines) is 1. The Morgan fingerprint density at radius 2 is 2.21 bits per heavy atom. The predicted octanol–water partition coefficient (Wildman–Crippen LogP) is 3.59. The SMILES string of the molecule is CCCN1CCC2=NNC(c3cc(Br)c(OCC)c(OC)c3)C2C1. The Balaban J connectivity index is 1.85. The first-order valence-corrected chi connectivity index (χ1v) is 9.51. The van der Waals surface area contributed by atoms with E-state index in [1.807, 2.05) is 6.92 Å². The quantitative estimate of drug-likeness (QED) is 0.799. The van der Waals surface area contributed by atoms with Crippen LogP contribution in [0.3, 0.4) is 0 Å². The predicted molar refractivity (Wildman–Crippen MR) is 100 cm³/mol. The molecule has 0 radical (unpaired) electrons. The van der Waals surface area contributed by atoms with Crippen LogP contribution in [0.1, 0.15) is 38.3 Å². The molecule has 0 saturated carbocycles. The number of ether oxygens (including phenoxy) is 2. The Morgan fingerprint density at radius 1 is 1.38 bits per heavy atom. The average Bonchev–Trinajstić information content (AvgIpc) is 3.00. The van der Waals surface area contributed by atoms with Crippen molar-refractivity contribution in [3.05, 3.63) is 22.2 Å². The van der Waals surface area contributed by atoms with Gasteiger partial charge in [-0.25, -0.2) is 0 Å². The summed E-state index contributed by atoms with van der Waals surface area (Å²) >= 11 is 3.63. The van der Waals surface area contributed by atoms with E-state index >= 15 is 0 Å². The molecule has 5 nitrogen and oxygen atoms in total. The lowest BCUT2D eigenvalue weighted by Crippen LogP contribution is -2.42. The maximum absolute atomic E-state index is 5.70. The third-order valence-corrected chi connectivity index (χ3v) is 5.35. The lowest BCUT2D eigenvalue weighted by molar-refractivity contribution is 0.228. The van der Waals surface area contributed by atoms with Gasteiger partial charge in [0.2, 0.25) is 0 Å². The average molecular weight is 396 g/mol. The second kappa shape index (κ2) is 7.74. The molecule has 1 fully saturated rings. The lowest BCUT2D eigenvalue weighted by atomic mass is 9.86. The molecular weight excluding hydrogens is 370 g/mol. The number of rotatable bonds is 6. The van der Waals surface area contributed by atoms with Gasteiger partial charge < -0.3 is 19.8 Å². The van der Waals surface area contributed by atoms with Crippen LogP contribution in [0.25, 0.3) is 0 Å². The molecule has 2 aliphatic heterocycles. The van der Waals surface area contributed by atoms with Gasteiger partial charge in [-0.15, -0.1) is 0 Å². The van der Waals surface area contributed by atoms with Gasteiger partial charge in [0.25, 0.3) is 0 Å². The molecule has 6 heteroatoms. The van der Waals surface area contributed by atoms with Crippen LogP contribution >= 0.6 is 15.9 Å². The number of piperidine rings is 1. The number of hydrogen-bond donors (Lipinski definition) is 1. The van der Waals surface area contributed by atoms with Gasteiger partial charge in [-0.2, -0.15) is 5.10 Å². The second-order valence-electron chi connectivity index (χ2n) is 6.33. The van der Waals surface area contributed by atoms with E-state index in [2.05, 4.69) is 50.4 Å². The summed E-state index contributed by atoms with van der Waals surface area (Å²) in [6.45, 7) is 8.17. The molecule has 1 N–H and O–H groups in total. The molecule has 2 atom stereocenters. The minimum Gasteiger partial charge on any atom is -0.493 e. The summed E-state index contributed by atoms with van der Waals surface area (Å²) in [6, 6.07) is 4.40. The van der Waals surface area contributed by atoms with Crippen molar-refractivity contribution >= 4 is 21.6 Å². The van der Waals surface area contributed by atoms with Crippen LogP contribution < -0.4 is 14.9 Å². The summed E-state index contributed by atoms with van der Waals surface area (Å²) in [6.07, 6.45) is 2.25. The van der Waals surface area contributed by atoms with E-state index in [9.17, 15) is 0 Å². The lowest BCUT2D eigenvalue weighted by Gasteiger charge is -2.33. The zero-order chi connectivity index (χ0) is 17.1. The molecule has 0 aliphatic carbocycles. The summed E-state index contributed by atoms with van der Waals surface area (Å²) in [4.78, 5) is 2.55. The molecule has 1 aromatic carbocycles. The number of nitrogens with zero attached hydrogens (tertiary/aromatic N) is 2. The molecule has 1 aromatic rings. The maximum atomic E-state index is 5.70. The molecule has 1 saturated heterocycles. The summed E-state index contributed by atoms with van der Waals surface area (Å²) in [7, 11) is 1.68. The molecule has 2 unspecified atom stereocenters. The Labute approximate surface area is 152 Å². The molecule has 0 aromatic heterocycles. The molecular formula is C18H26BrN3O2. The molecule has 2 heterocycles. The number of fused-ring (bicyclic) bond motifs is 1. The van der Waals surface area contributed by atoms with E-state index in [1.54, 1.807) is 7.11 Å². The van der Waals surface area contributed by atoms with E-state index in [0.717, 1.165) is 42.0 Å². The highest BCUT2D eigenvalue weighted by Crippen LogP contribution is 2.41. The van der Waals surface area contributed by atoms with Crippen LogP contribution in [0, 0.1) is 5.92 Å². The van der Waals surface area contributed by atoms with Crippen LogP contribution in [0.2, 0.25) is 0 Å². The molecule has 0 bridgehead atoms. The number of hydrogen-bond acceptors (Lipinski definition) is 5. The van der Waals surface area contributed by atoms with E-state index in [1.165, 1.54) is 17.7 Å². The van der Waals surface area contributed by atoms with Crippen molar-refractivity contribution in [2.45, 2.75) is 32.7 Å². The molecule has 3 rings (SSSR count). The van der Waals surface area contributed by atoms with Crippen molar-refractivity contribution in [2.24, 2.45) is 11.0 Å². The topological polar surface area (TPSA) is 46.1 Å². The highest BCUT2D eigenvalue weighted by atomic mass is 79.9. The largest absolute Gasteiger partial charge is 0.493 e. The summed E-state index contributed by atoms with van der Waals surface area (Å²) in [5.41, 5.74) is 5.84. The highest BCUT2D eigenvalue weighted by molar-refractivity contribution is 9.10. The minimum absolute atomic E-state index is 0.195. The second-order valence-corrected chi connectivity index (χ2v) is 7.19. The maximum Gasteiger partial charge on any atom is 0.175 e. The van der Waals surface area contributed by atoms with Gasteiger partial charge in [0.1, 0.15) is 0 Å². The Bertz CT molecular complexity index is 621. The smallest absolute Gasteiger partial charge is 0.175 e. The summed E-state index contributed by atoms with van der Waals surface area (Å²) < 4.78 is 12.2. The van der Waals surface area contributed by atoms with E-state index in [0.29, 0.717) is 12.5 Å². The minimum atomic E-state index is 0.195. The molecule has 0 amide bonds. The van der Waals surface area contributed by atoms with E-state index in [4.69, 9.17) is 9.47 Å². The third kappa shape index (κ3) is 3.40. The van der Waals surface area contributed by atoms with Crippen molar-refractivity contribution in [2.75, 3.05) is 33.4 Å². The zero-order valence-corrected chi connectivity index (χ0v) is 16.2. The molecule has 0 spiro atoms. The fourth-order valence-electron chi connectivity index (χ4n) is 3.64. The van der Waals surface area contributed by atoms with Gasteiger partial charge in [-0.1, -0.05) is 6.92 Å². The first-order valence-electron chi connectivity index (χ1n) is 8.72. The molecule has 24 heavy (non-hydrogen) atoms. The number of hydrazone groups is 1. The van der Waals surface area contributed by atoms with Gasteiger partial charge in [0.15, 0.2) is 11.5 Å². The molecule has 132 valence electrons. The first kappa shape index (κ1) is 17.5. The van der Waals surface area contributed by atoms with Gasteiger partial charge in [0.05, 0.1) is 24.2 Å². The fraction of sp³-hybridized carbons (Fsp3) is 0.611. The fourth-order valence-corrected chi connectivity index (χ4v) is 4.22. The number of benzene rings is 1. The van der Waals surface area contributed by atoms with Crippen LogP contribution in [0.4, 0.5) is 0 Å².